The number of carbonyl (C=O) groups excluding carboxylic acids is 2. The molecule has 1 atom stereocenters. The molecule has 4 nitrogen and oxygen atoms in total. The number of aryl methyl sites for hydroxylation is 1. The lowest BCUT2D eigenvalue weighted by molar-refractivity contribution is -0.140. The van der Waals surface area contributed by atoms with Crippen molar-refractivity contribution in [1.29, 1.82) is 0 Å². The molecule has 0 saturated carbocycles. The van der Waals surface area contributed by atoms with Crippen molar-refractivity contribution in [2.45, 2.75) is 59.0 Å². The van der Waals surface area contributed by atoms with E-state index in [4.69, 9.17) is 11.6 Å². The topological polar surface area (TPSA) is 49.4 Å². The number of nitrogens with one attached hydrogen (secondary N) is 1. The molecule has 0 aromatic heterocycles. The van der Waals surface area contributed by atoms with Crippen LogP contribution < -0.4 is 5.32 Å². The van der Waals surface area contributed by atoms with Gasteiger partial charge in [0.1, 0.15) is 6.04 Å². The third-order valence-electron chi connectivity index (χ3n) is 5.08. The molecule has 2 aromatic rings. The van der Waals surface area contributed by atoms with Gasteiger partial charge in [-0.05, 0) is 48.6 Å². The monoisotopic (exact) mass is 414 g/mol. The van der Waals surface area contributed by atoms with Crippen LogP contribution in [0.1, 0.15) is 49.8 Å². The van der Waals surface area contributed by atoms with Gasteiger partial charge >= 0.3 is 0 Å². The summed E-state index contributed by atoms with van der Waals surface area (Å²) < 4.78 is 0. The van der Waals surface area contributed by atoms with E-state index < -0.39 is 6.04 Å². The van der Waals surface area contributed by atoms with Gasteiger partial charge in [0.2, 0.25) is 11.8 Å². The molecule has 0 spiro atoms. The largest absolute Gasteiger partial charge is 0.354 e. The third-order valence-corrected chi connectivity index (χ3v) is 5.34. The molecule has 29 heavy (non-hydrogen) atoms. The second-order valence-electron chi connectivity index (χ2n) is 7.32. The summed E-state index contributed by atoms with van der Waals surface area (Å²) in [5, 5.41) is 3.64. The highest BCUT2D eigenvalue weighted by atomic mass is 35.5. The molecule has 0 fully saturated rings. The number of amides is 2. The molecule has 5 heteroatoms. The van der Waals surface area contributed by atoms with E-state index in [1.54, 1.807) is 4.90 Å². The number of hydrogen-bond acceptors (Lipinski definition) is 2. The Morgan fingerprint density at radius 1 is 1.07 bits per heavy atom. The van der Waals surface area contributed by atoms with E-state index in [9.17, 15) is 9.59 Å². The van der Waals surface area contributed by atoms with Crippen molar-refractivity contribution >= 4 is 23.4 Å². The van der Waals surface area contributed by atoms with E-state index in [-0.39, 0.29) is 18.2 Å². The first-order valence-corrected chi connectivity index (χ1v) is 10.7. The number of rotatable bonds is 10. The fourth-order valence-corrected chi connectivity index (χ4v) is 3.41. The molecular weight excluding hydrogens is 384 g/mol. The van der Waals surface area contributed by atoms with E-state index in [1.807, 2.05) is 62.4 Å². The zero-order valence-electron chi connectivity index (χ0n) is 17.6. The molecule has 0 aliphatic heterocycles. The molecule has 156 valence electrons. The molecule has 0 heterocycles. The first-order chi connectivity index (χ1) is 14.0. The van der Waals surface area contributed by atoms with Crippen LogP contribution in [-0.2, 0) is 22.6 Å². The summed E-state index contributed by atoms with van der Waals surface area (Å²) in [6.07, 6.45) is 2.78. The Balaban J connectivity index is 2.25. The quantitative estimate of drug-likeness (QED) is 0.561. The number of nitrogens with zero attached hydrogens (tertiary/aromatic N) is 1. The molecular formula is C24H31ClN2O2. The van der Waals surface area contributed by atoms with Gasteiger partial charge in [0.15, 0.2) is 0 Å². The van der Waals surface area contributed by atoms with Crippen LogP contribution in [0, 0.1) is 6.92 Å². The second kappa shape index (κ2) is 11.6. The number of carbonyl (C=O) groups is 2. The molecule has 0 aliphatic carbocycles. The van der Waals surface area contributed by atoms with Crippen molar-refractivity contribution < 1.29 is 9.59 Å². The highest BCUT2D eigenvalue weighted by Crippen LogP contribution is 2.18. The summed E-state index contributed by atoms with van der Waals surface area (Å²) in [5.74, 6) is -0.139. The van der Waals surface area contributed by atoms with Crippen LogP contribution in [0.2, 0.25) is 5.02 Å². The molecule has 0 saturated heterocycles. The lowest BCUT2D eigenvalue weighted by Crippen LogP contribution is -2.49. The number of hydrogen-bond donors (Lipinski definition) is 1. The summed E-state index contributed by atoms with van der Waals surface area (Å²) in [6.45, 7) is 7.04. The van der Waals surface area contributed by atoms with Gasteiger partial charge in [0.25, 0.3) is 0 Å². The minimum atomic E-state index is -0.501. The molecule has 0 bridgehead atoms. The first kappa shape index (κ1) is 23.0. The van der Waals surface area contributed by atoms with Crippen LogP contribution in [0.5, 0.6) is 0 Å². The van der Waals surface area contributed by atoms with Crippen molar-refractivity contribution in [2.24, 2.45) is 0 Å². The zero-order valence-corrected chi connectivity index (χ0v) is 18.3. The number of benzene rings is 2. The summed E-state index contributed by atoms with van der Waals surface area (Å²) in [6, 6.07) is 14.8. The highest BCUT2D eigenvalue weighted by molar-refractivity contribution is 6.30. The lowest BCUT2D eigenvalue weighted by atomic mass is 10.0. The Morgan fingerprint density at radius 2 is 1.76 bits per heavy atom. The first-order valence-electron chi connectivity index (χ1n) is 10.3. The van der Waals surface area contributed by atoms with Gasteiger partial charge in [-0.1, -0.05) is 68.3 Å². The Kier molecular flexibility index (Phi) is 9.20. The zero-order chi connectivity index (χ0) is 21.2. The van der Waals surface area contributed by atoms with Crippen LogP contribution in [0.4, 0.5) is 0 Å². The molecule has 1 N–H and O–H groups in total. The number of unbranched alkanes of at least 4 members (excludes halogenated alkanes) is 1. The maximum absolute atomic E-state index is 13.3. The van der Waals surface area contributed by atoms with Crippen LogP contribution in [-0.4, -0.2) is 29.3 Å². The van der Waals surface area contributed by atoms with Crippen LogP contribution >= 0.6 is 11.6 Å². The van der Waals surface area contributed by atoms with E-state index >= 15 is 0 Å². The summed E-state index contributed by atoms with van der Waals surface area (Å²) >= 11 is 6.00. The highest BCUT2D eigenvalue weighted by Gasteiger charge is 2.28. The molecule has 1 unspecified atom stereocenters. The normalized spacial score (nSPS) is 11.7. The smallest absolute Gasteiger partial charge is 0.242 e. The van der Waals surface area contributed by atoms with Crippen molar-refractivity contribution in [3.63, 3.8) is 0 Å². The van der Waals surface area contributed by atoms with Crippen LogP contribution in [0.3, 0.4) is 0 Å². The van der Waals surface area contributed by atoms with Crippen LogP contribution in [0.15, 0.2) is 48.5 Å². The van der Waals surface area contributed by atoms with E-state index in [1.165, 1.54) is 0 Å². The molecule has 0 aliphatic rings. The van der Waals surface area contributed by atoms with Gasteiger partial charge in [0, 0.05) is 18.1 Å². The van der Waals surface area contributed by atoms with E-state index in [0.29, 0.717) is 24.5 Å². The standard InChI is InChI=1S/C24H31ClN2O2/c1-4-6-15-26-24(29)22(5-2)27(17-19-11-13-21(25)14-12-19)23(28)16-20-10-8-7-9-18(20)3/h7-14,22H,4-6,15-17H2,1-3H3,(H,26,29). The third kappa shape index (κ3) is 6.90. The van der Waals surface area contributed by atoms with Gasteiger partial charge in [-0.25, -0.2) is 0 Å². The minimum Gasteiger partial charge on any atom is -0.354 e. The average Bonchev–Trinajstić information content (AvgIpc) is 2.71. The van der Waals surface area contributed by atoms with Crippen LogP contribution in [0.25, 0.3) is 0 Å². The van der Waals surface area contributed by atoms with Gasteiger partial charge < -0.3 is 10.2 Å². The van der Waals surface area contributed by atoms with Gasteiger partial charge in [-0.2, -0.15) is 0 Å². The molecule has 2 aromatic carbocycles. The second-order valence-corrected chi connectivity index (χ2v) is 7.76. The minimum absolute atomic E-state index is 0.0493. The predicted molar refractivity (Wildman–Crippen MR) is 119 cm³/mol. The SMILES string of the molecule is CCCCNC(=O)C(CC)N(Cc1ccc(Cl)cc1)C(=O)Cc1ccccc1C. The summed E-state index contributed by atoms with van der Waals surface area (Å²) in [4.78, 5) is 27.8. The predicted octanol–water partition coefficient (Wildman–Crippen LogP) is 4.91. The Labute approximate surface area is 179 Å². The Bertz CT molecular complexity index is 805. The Hall–Kier alpha value is -2.33. The van der Waals surface area contributed by atoms with Crippen molar-refractivity contribution in [3.8, 4) is 0 Å². The fourth-order valence-electron chi connectivity index (χ4n) is 3.29. The van der Waals surface area contributed by atoms with E-state index in [0.717, 1.165) is 29.5 Å². The van der Waals surface area contributed by atoms with Crippen molar-refractivity contribution in [2.75, 3.05) is 6.54 Å². The molecule has 2 amide bonds. The maximum atomic E-state index is 13.3. The number of halogens is 1. The van der Waals surface area contributed by atoms with Gasteiger partial charge in [0.05, 0.1) is 6.42 Å². The fraction of sp³-hybridized carbons (Fsp3) is 0.417. The molecule has 2 rings (SSSR count). The van der Waals surface area contributed by atoms with Crippen molar-refractivity contribution in [1.82, 2.24) is 10.2 Å². The average molecular weight is 415 g/mol. The maximum Gasteiger partial charge on any atom is 0.242 e. The van der Waals surface area contributed by atoms with Gasteiger partial charge in [-0.15, -0.1) is 0 Å². The van der Waals surface area contributed by atoms with Crippen molar-refractivity contribution in [3.05, 3.63) is 70.2 Å². The van der Waals surface area contributed by atoms with Gasteiger partial charge in [-0.3, -0.25) is 9.59 Å². The Morgan fingerprint density at radius 3 is 2.38 bits per heavy atom. The summed E-state index contributed by atoms with van der Waals surface area (Å²) in [7, 11) is 0. The van der Waals surface area contributed by atoms with E-state index in [2.05, 4.69) is 12.2 Å². The molecule has 0 radical (unpaired) electrons. The summed E-state index contributed by atoms with van der Waals surface area (Å²) in [5.41, 5.74) is 3.01. The lowest BCUT2D eigenvalue weighted by Gasteiger charge is -2.31.